The fourth-order valence-corrected chi connectivity index (χ4v) is 4.78. The van der Waals surface area contributed by atoms with Crippen molar-refractivity contribution in [1.82, 2.24) is 0 Å². The lowest BCUT2D eigenvalue weighted by Gasteiger charge is -2.41. The van der Waals surface area contributed by atoms with Crippen LogP contribution in [0.5, 0.6) is 17.2 Å². The molecular formula is C28H28O12. The van der Waals surface area contributed by atoms with E-state index in [2.05, 4.69) is 0 Å². The minimum atomic E-state index is -1.69. The van der Waals surface area contributed by atoms with Crippen LogP contribution in [0.4, 0.5) is 0 Å². The third-order valence-corrected chi connectivity index (χ3v) is 6.77. The van der Waals surface area contributed by atoms with Crippen LogP contribution >= 0.6 is 0 Å². The number of carbonyl (C=O) groups excluding carboxylic acids is 2. The standard InChI is InChI=1S/C28H28O12/c1-3-4-12(2)10-37-28-22(33)21(32)25-18(38-28)11-36-26(34)14-6-8-16(30)24-19(14)20(27(35)40-25)23(39-24)13-5-7-15(29)17(31)9-13/h4-9,18,21-22,25,28-33H,3,10-11H2,1-2H3/b12-4-/t18-,21-,22-,25-,28?/m0/s1. The number of ether oxygens (including phenoxy) is 4. The Kier molecular flexibility index (Phi) is 7.43. The Balaban J connectivity index is 1.57. The number of carbonyl (C=O) groups is 2. The second-order valence-corrected chi connectivity index (χ2v) is 9.61. The summed E-state index contributed by atoms with van der Waals surface area (Å²) in [4.78, 5) is 26.9. The summed E-state index contributed by atoms with van der Waals surface area (Å²) in [5.41, 5.74) is 0.306. The Morgan fingerprint density at radius 2 is 1.77 bits per heavy atom. The van der Waals surface area contributed by atoms with Gasteiger partial charge in [-0.1, -0.05) is 18.6 Å². The Morgan fingerprint density at radius 1 is 1.02 bits per heavy atom. The maximum absolute atomic E-state index is 13.7. The van der Waals surface area contributed by atoms with Gasteiger partial charge in [0.2, 0.25) is 0 Å². The second-order valence-electron chi connectivity index (χ2n) is 9.61. The minimum absolute atomic E-state index is 0.103. The molecule has 1 aromatic heterocycles. The van der Waals surface area contributed by atoms with E-state index in [0.717, 1.165) is 24.1 Å². The fraction of sp³-hybridized carbons (Fsp3) is 0.357. The number of aliphatic hydroxyl groups is 2. The van der Waals surface area contributed by atoms with Crippen LogP contribution in [0, 0.1) is 0 Å². The van der Waals surface area contributed by atoms with Gasteiger partial charge in [-0.3, -0.25) is 0 Å². The molecule has 1 unspecified atom stereocenters. The molecule has 0 radical (unpaired) electrons. The van der Waals surface area contributed by atoms with E-state index in [1.54, 1.807) is 0 Å². The number of hydrogen-bond donors (Lipinski definition) is 5. The third-order valence-electron chi connectivity index (χ3n) is 6.77. The third kappa shape index (κ3) is 4.86. The summed E-state index contributed by atoms with van der Waals surface area (Å²) in [6, 6.07) is 6.06. The van der Waals surface area contributed by atoms with Crippen LogP contribution in [0.2, 0.25) is 0 Å². The molecular weight excluding hydrogens is 528 g/mol. The largest absolute Gasteiger partial charge is 0.504 e. The Hall–Kier alpha value is -4.10. The number of cyclic esters (lactones) is 1. The van der Waals surface area contributed by atoms with Crippen molar-refractivity contribution in [2.24, 2.45) is 0 Å². The molecule has 0 saturated carbocycles. The van der Waals surface area contributed by atoms with Gasteiger partial charge in [0, 0.05) is 5.56 Å². The highest BCUT2D eigenvalue weighted by Crippen LogP contribution is 2.43. The molecule has 0 aliphatic carbocycles. The van der Waals surface area contributed by atoms with Crippen molar-refractivity contribution in [3.05, 3.63) is 53.1 Å². The van der Waals surface area contributed by atoms with Crippen molar-refractivity contribution in [1.29, 1.82) is 0 Å². The predicted octanol–water partition coefficient (Wildman–Crippen LogP) is 2.73. The number of rotatable bonds is 5. The first-order chi connectivity index (χ1) is 19.1. The van der Waals surface area contributed by atoms with E-state index < -0.39 is 66.5 Å². The summed E-state index contributed by atoms with van der Waals surface area (Å²) in [6.45, 7) is 3.43. The Labute approximate surface area is 227 Å². The molecule has 12 nitrogen and oxygen atoms in total. The van der Waals surface area contributed by atoms with Gasteiger partial charge in [0.05, 0.1) is 17.6 Å². The molecule has 212 valence electrons. The number of aromatic hydroxyl groups is 3. The summed E-state index contributed by atoms with van der Waals surface area (Å²) < 4.78 is 28.3. The molecule has 0 spiro atoms. The maximum Gasteiger partial charge on any atom is 0.343 e. The van der Waals surface area contributed by atoms with Crippen molar-refractivity contribution in [2.75, 3.05) is 13.2 Å². The average Bonchev–Trinajstić information content (AvgIpc) is 3.33. The molecule has 1 saturated heterocycles. The quantitative estimate of drug-likeness (QED) is 0.176. The van der Waals surface area contributed by atoms with Crippen molar-refractivity contribution in [3.8, 4) is 28.6 Å². The molecule has 40 heavy (non-hydrogen) atoms. The number of phenolic OH excluding ortho intramolecular Hbond substituents is 3. The summed E-state index contributed by atoms with van der Waals surface area (Å²) >= 11 is 0. The van der Waals surface area contributed by atoms with E-state index >= 15 is 0 Å². The van der Waals surface area contributed by atoms with Crippen LogP contribution in [0.1, 0.15) is 41.0 Å². The Morgan fingerprint density at radius 3 is 2.50 bits per heavy atom. The summed E-state index contributed by atoms with van der Waals surface area (Å²) in [7, 11) is 0. The lowest BCUT2D eigenvalue weighted by atomic mass is 9.97. The number of furan rings is 1. The van der Waals surface area contributed by atoms with Crippen molar-refractivity contribution < 1.29 is 58.5 Å². The van der Waals surface area contributed by atoms with Crippen LogP contribution in [-0.2, 0) is 18.9 Å². The molecule has 1 fully saturated rings. The number of benzene rings is 2. The number of aliphatic hydroxyl groups excluding tert-OH is 2. The van der Waals surface area contributed by atoms with Gasteiger partial charge in [0.15, 0.2) is 35.2 Å². The predicted molar refractivity (Wildman–Crippen MR) is 137 cm³/mol. The maximum atomic E-state index is 13.7. The van der Waals surface area contributed by atoms with Crippen LogP contribution < -0.4 is 0 Å². The molecule has 5 N–H and O–H groups in total. The second kappa shape index (κ2) is 10.8. The van der Waals surface area contributed by atoms with Gasteiger partial charge >= 0.3 is 11.9 Å². The fourth-order valence-electron chi connectivity index (χ4n) is 4.78. The van der Waals surface area contributed by atoms with E-state index in [-0.39, 0.29) is 40.0 Å². The van der Waals surface area contributed by atoms with Gasteiger partial charge < -0.3 is 48.9 Å². The number of esters is 2. The minimum Gasteiger partial charge on any atom is -0.504 e. The molecule has 2 aliphatic heterocycles. The van der Waals surface area contributed by atoms with Crippen molar-refractivity contribution in [3.63, 3.8) is 0 Å². The molecule has 3 aromatic rings. The zero-order chi connectivity index (χ0) is 28.7. The lowest BCUT2D eigenvalue weighted by molar-refractivity contribution is -0.298. The van der Waals surface area contributed by atoms with Gasteiger partial charge in [-0.25, -0.2) is 9.59 Å². The molecule has 2 aromatic carbocycles. The molecule has 5 rings (SSSR count). The highest BCUT2D eigenvalue weighted by atomic mass is 16.7. The van der Waals surface area contributed by atoms with E-state index in [1.165, 1.54) is 18.2 Å². The van der Waals surface area contributed by atoms with Crippen LogP contribution in [0.15, 0.2) is 46.4 Å². The number of fused-ring (bicyclic) bond motifs is 1. The summed E-state index contributed by atoms with van der Waals surface area (Å²) in [6.07, 6.45) is -4.62. The van der Waals surface area contributed by atoms with Crippen LogP contribution in [0.25, 0.3) is 22.3 Å². The molecule has 0 bridgehead atoms. The first kappa shape index (κ1) is 27.5. The van der Waals surface area contributed by atoms with Gasteiger partial charge in [-0.15, -0.1) is 0 Å². The van der Waals surface area contributed by atoms with Gasteiger partial charge in [-0.05, 0) is 43.7 Å². The van der Waals surface area contributed by atoms with Crippen molar-refractivity contribution >= 4 is 22.9 Å². The molecule has 2 aliphatic rings. The van der Waals surface area contributed by atoms with E-state index in [9.17, 15) is 35.1 Å². The highest BCUT2D eigenvalue weighted by Gasteiger charge is 2.49. The normalized spacial score (nSPS) is 25.3. The van der Waals surface area contributed by atoms with Gasteiger partial charge in [0.25, 0.3) is 0 Å². The van der Waals surface area contributed by atoms with E-state index in [0.29, 0.717) is 0 Å². The molecule has 0 amide bonds. The summed E-state index contributed by atoms with van der Waals surface area (Å²) in [5.74, 6) is -3.50. The summed E-state index contributed by atoms with van der Waals surface area (Å²) in [5, 5.41) is 51.8. The van der Waals surface area contributed by atoms with E-state index in [4.69, 9.17) is 23.4 Å². The number of phenols is 3. The van der Waals surface area contributed by atoms with Gasteiger partial charge in [0.1, 0.15) is 36.2 Å². The van der Waals surface area contributed by atoms with E-state index in [1.807, 2.05) is 19.9 Å². The number of hydrogen-bond acceptors (Lipinski definition) is 12. The zero-order valence-electron chi connectivity index (χ0n) is 21.6. The molecule has 12 heteroatoms. The topological polar surface area (TPSA) is 185 Å². The van der Waals surface area contributed by atoms with Gasteiger partial charge in [-0.2, -0.15) is 0 Å². The molecule has 3 heterocycles. The zero-order valence-corrected chi connectivity index (χ0v) is 21.6. The first-order valence-corrected chi connectivity index (χ1v) is 12.6. The average molecular weight is 557 g/mol. The first-order valence-electron chi connectivity index (χ1n) is 12.6. The van der Waals surface area contributed by atoms with Crippen LogP contribution in [-0.4, -0.2) is 81.4 Å². The van der Waals surface area contributed by atoms with Crippen LogP contribution in [0.3, 0.4) is 0 Å². The Bertz CT molecular complexity index is 1490. The lowest BCUT2D eigenvalue weighted by Crippen LogP contribution is -2.60. The smallest absolute Gasteiger partial charge is 0.343 e. The monoisotopic (exact) mass is 556 g/mol. The molecule has 5 atom stereocenters. The number of allylic oxidation sites excluding steroid dienone is 1. The highest BCUT2D eigenvalue weighted by molar-refractivity contribution is 6.17. The van der Waals surface area contributed by atoms with Crippen molar-refractivity contribution in [2.45, 2.75) is 51.0 Å². The SMILES string of the molecule is CC/C=C(/C)COC1O[C@H]2COC(=O)c3ccc(O)c4oc(-c5ccc(O)c(O)c5)c(c34)C(=O)O[C@@H]2[C@@H](O)[C@@H]1O.